The number of benzene rings is 1. The Labute approximate surface area is 77.1 Å². The predicted molar refractivity (Wildman–Crippen MR) is 47.4 cm³/mol. The van der Waals surface area contributed by atoms with Gasteiger partial charge in [-0.1, -0.05) is 15.9 Å². The van der Waals surface area contributed by atoms with Gasteiger partial charge < -0.3 is 0 Å². The molecule has 0 fully saturated rings. The average Bonchev–Trinajstić information content (AvgIpc) is 1.85. The zero-order chi connectivity index (χ0) is 8.43. The maximum absolute atomic E-state index is 12.8. The number of hydrogen-bond donors (Lipinski definition) is 1. The van der Waals surface area contributed by atoms with Crippen molar-refractivity contribution in [2.75, 3.05) is 0 Å². The van der Waals surface area contributed by atoms with Crippen molar-refractivity contribution in [2.45, 2.75) is 0 Å². The lowest BCUT2D eigenvalue weighted by molar-refractivity contribution is 0.108. The Kier molecular flexibility index (Phi) is 2.67. The number of rotatable bonds is 1. The summed E-state index contributed by atoms with van der Waals surface area (Å²) < 4.78 is 13.4. The lowest BCUT2D eigenvalue weighted by Gasteiger charge is -1.96. The zero-order valence-electron chi connectivity index (χ0n) is 5.34. The van der Waals surface area contributed by atoms with Crippen molar-refractivity contribution >= 4 is 33.7 Å². The molecule has 1 aromatic rings. The Morgan fingerprint density at radius 2 is 2.18 bits per heavy atom. The number of hydrogen-bond acceptors (Lipinski definition) is 1. The summed E-state index contributed by atoms with van der Waals surface area (Å²) in [6, 6.07) is 4.20. The highest BCUT2D eigenvalue weighted by Crippen LogP contribution is 2.16. The Morgan fingerprint density at radius 1 is 1.55 bits per heavy atom. The molecular weight excluding hydrogens is 231 g/mol. The van der Waals surface area contributed by atoms with Gasteiger partial charge in [0, 0.05) is 4.47 Å². The fourth-order valence-corrected chi connectivity index (χ4v) is 1.18. The molecule has 0 N–H and O–H groups in total. The molecule has 0 atom stereocenters. The maximum atomic E-state index is 12.8. The van der Waals surface area contributed by atoms with E-state index in [2.05, 4.69) is 28.6 Å². The lowest BCUT2D eigenvalue weighted by Crippen LogP contribution is -1.93. The first-order chi connectivity index (χ1) is 5.11. The second kappa shape index (κ2) is 3.36. The smallest absolute Gasteiger partial charge is 0.219 e. The van der Waals surface area contributed by atoms with Crippen LogP contribution in [0, 0.1) is 5.82 Å². The molecule has 0 amide bonds. The third-order valence-corrected chi connectivity index (χ3v) is 1.90. The van der Waals surface area contributed by atoms with E-state index in [0.29, 0.717) is 4.47 Å². The van der Waals surface area contributed by atoms with Gasteiger partial charge in [0.1, 0.15) is 5.82 Å². The quantitative estimate of drug-likeness (QED) is 0.740. The van der Waals surface area contributed by atoms with Crippen molar-refractivity contribution in [2.24, 2.45) is 0 Å². The van der Waals surface area contributed by atoms with Crippen LogP contribution in [0.3, 0.4) is 0 Å². The van der Waals surface area contributed by atoms with Crippen LogP contribution in [0.5, 0.6) is 0 Å². The van der Waals surface area contributed by atoms with Crippen molar-refractivity contribution in [3.8, 4) is 0 Å². The van der Waals surface area contributed by atoms with E-state index in [1.165, 1.54) is 12.1 Å². The first-order valence-corrected chi connectivity index (χ1v) is 4.03. The first-order valence-electron chi connectivity index (χ1n) is 2.79. The molecule has 0 aromatic heterocycles. The number of carbonyl (C=O) groups excluding carboxylic acids is 1. The van der Waals surface area contributed by atoms with Gasteiger partial charge in [0.25, 0.3) is 0 Å². The Hall–Kier alpha value is -0.350. The van der Waals surface area contributed by atoms with Crippen LogP contribution in [0.4, 0.5) is 4.39 Å². The molecule has 1 nitrogen and oxygen atoms in total. The summed E-state index contributed by atoms with van der Waals surface area (Å²) in [5, 5.41) is -0.560. The highest BCUT2D eigenvalue weighted by atomic mass is 79.9. The van der Waals surface area contributed by atoms with Gasteiger partial charge in [-0.3, -0.25) is 4.79 Å². The SMILES string of the molecule is O=C(S)c1ccc(Br)cc1F. The summed E-state index contributed by atoms with van der Waals surface area (Å²) in [6.07, 6.45) is 0. The van der Waals surface area contributed by atoms with Crippen LogP contribution in [-0.4, -0.2) is 5.12 Å². The minimum absolute atomic E-state index is 0.00321. The van der Waals surface area contributed by atoms with Gasteiger partial charge in [0.15, 0.2) is 0 Å². The largest absolute Gasteiger partial charge is 0.282 e. The van der Waals surface area contributed by atoms with Gasteiger partial charge in [-0.05, 0) is 18.2 Å². The second-order valence-corrected chi connectivity index (χ2v) is 3.25. The maximum Gasteiger partial charge on any atom is 0.219 e. The summed E-state index contributed by atoms with van der Waals surface area (Å²) in [6.45, 7) is 0. The second-order valence-electron chi connectivity index (χ2n) is 1.93. The minimum atomic E-state index is -0.560. The van der Waals surface area contributed by atoms with Gasteiger partial charge in [-0.15, -0.1) is 12.6 Å². The fourth-order valence-electron chi connectivity index (χ4n) is 0.663. The number of thiol groups is 1. The first kappa shape index (κ1) is 8.74. The molecule has 0 aliphatic heterocycles. The van der Waals surface area contributed by atoms with Gasteiger partial charge in [0.2, 0.25) is 5.12 Å². The molecular formula is C7H4BrFOS. The molecule has 0 aliphatic rings. The van der Waals surface area contributed by atoms with Crippen LogP contribution >= 0.6 is 28.6 Å². The molecule has 0 saturated heterocycles. The van der Waals surface area contributed by atoms with E-state index in [-0.39, 0.29) is 5.56 Å². The van der Waals surface area contributed by atoms with E-state index in [4.69, 9.17) is 0 Å². The Morgan fingerprint density at radius 3 is 2.64 bits per heavy atom. The third-order valence-electron chi connectivity index (χ3n) is 1.16. The third kappa shape index (κ3) is 2.04. The fraction of sp³-hybridized carbons (Fsp3) is 0. The van der Waals surface area contributed by atoms with E-state index in [0.717, 1.165) is 0 Å². The van der Waals surface area contributed by atoms with E-state index >= 15 is 0 Å². The van der Waals surface area contributed by atoms with Crippen LogP contribution in [0.2, 0.25) is 0 Å². The van der Waals surface area contributed by atoms with E-state index in [1.807, 2.05) is 0 Å². The van der Waals surface area contributed by atoms with Crippen LogP contribution in [-0.2, 0) is 0 Å². The summed E-state index contributed by atoms with van der Waals surface area (Å²) in [7, 11) is 0. The van der Waals surface area contributed by atoms with E-state index < -0.39 is 10.9 Å². The molecule has 1 rings (SSSR count). The minimum Gasteiger partial charge on any atom is -0.282 e. The molecule has 0 unspecified atom stereocenters. The zero-order valence-corrected chi connectivity index (χ0v) is 7.82. The Bertz CT molecular complexity index is 300. The van der Waals surface area contributed by atoms with Crippen molar-refractivity contribution in [3.63, 3.8) is 0 Å². The van der Waals surface area contributed by atoms with Crippen LogP contribution in [0.25, 0.3) is 0 Å². The average molecular weight is 235 g/mol. The number of halogens is 2. The normalized spacial score (nSPS) is 9.73. The van der Waals surface area contributed by atoms with E-state index in [1.54, 1.807) is 6.07 Å². The van der Waals surface area contributed by atoms with Crippen molar-refractivity contribution in [1.29, 1.82) is 0 Å². The van der Waals surface area contributed by atoms with Gasteiger partial charge >= 0.3 is 0 Å². The molecule has 0 bridgehead atoms. The summed E-state index contributed by atoms with van der Waals surface area (Å²) in [5.74, 6) is -0.556. The lowest BCUT2D eigenvalue weighted by atomic mass is 10.2. The Balaban J connectivity index is 3.20. The summed E-state index contributed by atoms with van der Waals surface area (Å²) >= 11 is 6.57. The van der Waals surface area contributed by atoms with Crippen LogP contribution in [0.1, 0.15) is 10.4 Å². The molecule has 1 aromatic carbocycles. The molecule has 4 heteroatoms. The van der Waals surface area contributed by atoms with Gasteiger partial charge in [0.05, 0.1) is 5.56 Å². The van der Waals surface area contributed by atoms with E-state index in [9.17, 15) is 9.18 Å². The van der Waals surface area contributed by atoms with Crippen molar-refractivity contribution in [3.05, 3.63) is 34.1 Å². The highest BCUT2D eigenvalue weighted by Gasteiger charge is 2.06. The molecule has 0 saturated carbocycles. The molecule has 0 aliphatic carbocycles. The highest BCUT2D eigenvalue weighted by molar-refractivity contribution is 9.10. The molecule has 58 valence electrons. The molecule has 0 radical (unpaired) electrons. The number of carbonyl (C=O) groups is 1. The van der Waals surface area contributed by atoms with Crippen molar-refractivity contribution in [1.82, 2.24) is 0 Å². The van der Waals surface area contributed by atoms with Gasteiger partial charge in [-0.25, -0.2) is 4.39 Å². The standard InChI is InChI=1S/C7H4BrFOS/c8-4-1-2-5(7(10)11)6(9)3-4/h1-3H,(H,10,11). The predicted octanol–water partition coefficient (Wildman–Crippen LogP) is 2.66. The van der Waals surface area contributed by atoms with Gasteiger partial charge in [-0.2, -0.15) is 0 Å². The topological polar surface area (TPSA) is 17.1 Å². The monoisotopic (exact) mass is 234 g/mol. The molecule has 11 heavy (non-hydrogen) atoms. The van der Waals surface area contributed by atoms with Crippen molar-refractivity contribution < 1.29 is 9.18 Å². The summed E-state index contributed by atoms with van der Waals surface area (Å²) in [5.41, 5.74) is -0.00321. The van der Waals surface area contributed by atoms with Crippen LogP contribution < -0.4 is 0 Å². The summed E-state index contributed by atoms with van der Waals surface area (Å²) in [4.78, 5) is 10.6. The van der Waals surface area contributed by atoms with Crippen LogP contribution in [0.15, 0.2) is 22.7 Å². The molecule has 0 heterocycles. The molecule has 0 spiro atoms.